The maximum atomic E-state index is 9.24. The number of oxazole rings is 1. The molecule has 1 aromatic rings. The van der Waals surface area contributed by atoms with Gasteiger partial charge in [-0.15, -0.1) is 11.8 Å². The standard InChI is InChI=1S/C13H19N3OS/c1-10-11(2)17-12(15-10)8-16-6-4-13(9-14,18-3)5-7-16/h4-8H2,1-3H3. The summed E-state index contributed by atoms with van der Waals surface area (Å²) >= 11 is 1.68. The van der Waals surface area contributed by atoms with E-state index in [1.165, 1.54) is 0 Å². The molecule has 0 amide bonds. The zero-order valence-corrected chi connectivity index (χ0v) is 12.0. The molecular formula is C13H19N3OS. The molecule has 1 saturated heterocycles. The second-order valence-electron chi connectivity index (χ2n) is 4.84. The van der Waals surface area contributed by atoms with E-state index in [0.717, 1.165) is 49.8 Å². The highest BCUT2D eigenvalue weighted by Crippen LogP contribution is 2.34. The molecule has 1 fully saturated rings. The zero-order valence-electron chi connectivity index (χ0n) is 11.2. The first-order valence-corrected chi connectivity index (χ1v) is 7.43. The van der Waals surface area contributed by atoms with Crippen molar-refractivity contribution in [2.75, 3.05) is 19.3 Å². The molecule has 0 N–H and O–H groups in total. The summed E-state index contributed by atoms with van der Waals surface area (Å²) in [5.41, 5.74) is 0.970. The number of aryl methyl sites for hydroxylation is 2. The summed E-state index contributed by atoms with van der Waals surface area (Å²) in [6.45, 7) is 6.54. The Kier molecular flexibility index (Phi) is 3.98. The largest absolute Gasteiger partial charge is 0.444 e. The predicted molar refractivity (Wildman–Crippen MR) is 72.3 cm³/mol. The summed E-state index contributed by atoms with van der Waals surface area (Å²) in [5, 5.41) is 9.24. The van der Waals surface area contributed by atoms with Crippen molar-refractivity contribution in [3.8, 4) is 6.07 Å². The van der Waals surface area contributed by atoms with E-state index in [-0.39, 0.29) is 4.75 Å². The maximum absolute atomic E-state index is 9.24. The monoisotopic (exact) mass is 265 g/mol. The van der Waals surface area contributed by atoms with Gasteiger partial charge in [-0.05, 0) is 32.9 Å². The van der Waals surface area contributed by atoms with Crippen LogP contribution in [0.2, 0.25) is 0 Å². The minimum atomic E-state index is -0.182. The van der Waals surface area contributed by atoms with Gasteiger partial charge < -0.3 is 4.42 Å². The molecule has 0 aliphatic carbocycles. The van der Waals surface area contributed by atoms with Gasteiger partial charge in [-0.1, -0.05) is 0 Å². The highest BCUT2D eigenvalue weighted by atomic mass is 32.2. The van der Waals surface area contributed by atoms with Crippen LogP contribution in [0.15, 0.2) is 4.42 Å². The van der Waals surface area contributed by atoms with Crippen molar-refractivity contribution in [1.82, 2.24) is 9.88 Å². The molecule has 4 nitrogen and oxygen atoms in total. The van der Waals surface area contributed by atoms with E-state index in [2.05, 4.69) is 16.0 Å². The van der Waals surface area contributed by atoms with Crippen LogP contribution in [0.5, 0.6) is 0 Å². The topological polar surface area (TPSA) is 53.1 Å². The number of nitriles is 1. The molecular weight excluding hydrogens is 246 g/mol. The molecule has 1 aliphatic heterocycles. The van der Waals surface area contributed by atoms with Crippen LogP contribution in [0.4, 0.5) is 0 Å². The smallest absolute Gasteiger partial charge is 0.208 e. The van der Waals surface area contributed by atoms with Crippen molar-refractivity contribution in [3.05, 3.63) is 17.3 Å². The van der Waals surface area contributed by atoms with Gasteiger partial charge in [-0.3, -0.25) is 4.90 Å². The lowest BCUT2D eigenvalue weighted by atomic mass is 9.97. The highest BCUT2D eigenvalue weighted by molar-refractivity contribution is 8.00. The number of likely N-dealkylation sites (tertiary alicyclic amines) is 1. The predicted octanol–water partition coefficient (Wildman–Crippen LogP) is 2.51. The van der Waals surface area contributed by atoms with Crippen LogP contribution in [0.1, 0.15) is 30.2 Å². The summed E-state index contributed by atoms with van der Waals surface area (Å²) in [6, 6.07) is 2.46. The minimum absolute atomic E-state index is 0.182. The number of aromatic nitrogens is 1. The first-order valence-electron chi connectivity index (χ1n) is 6.20. The number of rotatable bonds is 3. The molecule has 1 aromatic heterocycles. The van der Waals surface area contributed by atoms with Crippen molar-refractivity contribution >= 4 is 11.8 Å². The van der Waals surface area contributed by atoms with Crippen molar-refractivity contribution in [1.29, 1.82) is 5.26 Å². The number of piperidine rings is 1. The van der Waals surface area contributed by atoms with Gasteiger partial charge in [0.25, 0.3) is 0 Å². The Labute approximate surface area is 112 Å². The van der Waals surface area contributed by atoms with Gasteiger partial charge in [-0.25, -0.2) is 4.98 Å². The third-order valence-electron chi connectivity index (χ3n) is 3.69. The number of hydrogen-bond donors (Lipinski definition) is 0. The Morgan fingerprint density at radius 1 is 1.44 bits per heavy atom. The van der Waals surface area contributed by atoms with Crippen LogP contribution in [-0.4, -0.2) is 34.0 Å². The molecule has 2 heterocycles. The van der Waals surface area contributed by atoms with Crippen LogP contribution >= 0.6 is 11.8 Å². The average Bonchev–Trinajstić information content (AvgIpc) is 2.70. The normalized spacial score (nSPS) is 19.7. The number of hydrogen-bond acceptors (Lipinski definition) is 5. The molecule has 0 spiro atoms. The second-order valence-corrected chi connectivity index (χ2v) is 6.03. The molecule has 0 radical (unpaired) electrons. The Balaban J connectivity index is 1.93. The van der Waals surface area contributed by atoms with E-state index in [0.29, 0.717) is 0 Å². The fraction of sp³-hybridized carbons (Fsp3) is 0.692. The third-order valence-corrected chi connectivity index (χ3v) is 4.97. The van der Waals surface area contributed by atoms with Crippen LogP contribution in [0, 0.1) is 25.2 Å². The van der Waals surface area contributed by atoms with Crippen molar-refractivity contribution in [3.63, 3.8) is 0 Å². The van der Waals surface area contributed by atoms with Gasteiger partial charge >= 0.3 is 0 Å². The molecule has 1 aliphatic rings. The number of thioether (sulfide) groups is 1. The fourth-order valence-electron chi connectivity index (χ4n) is 2.23. The fourth-order valence-corrected chi connectivity index (χ4v) is 2.91. The van der Waals surface area contributed by atoms with Crippen molar-refractivity contribution in [2.24, 2.45) is 0 Å². The quantitative estimate of drug-likeness (QED) is 0.840. The van der Waals surface area contributed by atoms with E-state index in [1.54, 1.807) is 11.8 Å². The Bertz CT molecular complexity index is 436. The van der Waals surface area contributed by atoms with Gasteiger partial charge in [0, 0.05) is 13.1 Å². The molecule has 0 aromatic carbocycles. The summed E-state index contributed by atoms with van der Waals surface area (Å²) in [5.74, 6) is 1.69. The van der Waals surface area contributed by atoms with Crippen LogP contribution in [-0.2, 0) is 6.54 Å². The summed E-state index contributed by atoms with van der Waals surface area (Å²) < 4.78 is 5.42. The SMILES string of the molecule is CSC1(C#N)CCN(Cc2nc(C)c(C)o2)CC1. The van der Waals surface area contributed by atoms with Crippen LogP contribution in [0.3, 0.4) is 0 Å². The van der Waals surface area contributed by atoms with Gasteiger partial charge in [0.15, 0.2) is 0 Å². The molecule has 98 valence electrons. The van der Waals surface area contributed by atoms with Gasteiger partial charge in [0.2, 0.25) is 5.89 Å². The molecule has 0 atom stereocenters. The first kappa shape index (κ1) is 13.4. The number of nitrogens with zero attached hydrogens (tertiary/aromatic N) is 3. The molecule has 0 saturated carbocycles. The highest BCUT2D eigenvalue weighted by Gasteiger charge is 2.34. The van der Waals surface area contributed by atoms with Crippen LogP contribution in [0.25, 0.3) is 0 Å². The van der Waals surface area contributed by atoms with Crippen molar-refractivity contribution < 1.29 is 4.42 Å². The minimum Gasteiger partial charge on any atom is -0.444 e. The Morgan fingerprint density at radius 2 is 2.11 bits per heavy atom. The molecule has 18 heavy (non-hydrogen) atoms. The lowest BCUT2D eigenvalue weighted by Crippen LogP contribution is -2.41. The van der Waals surface area contributed by atoms with E-state index >= 15 is 0 Å². The summed E-state index contributed by atoms with van der Waals surface area (Å²) in [7, 11) is 0. The molecule has 0 bridgehead atoms. The first-order chi connectivity index (χ1) is 8.58. The molecule has 5 heteroatoms. The van der Waals surface area contributed by atoms with Gasteiger partial charge in [0.1, 0.15) is 10.5 Å². The second kappa shape index (κ2) is 5.33. The molecule has 2 rings (SSSR count). The Hall–Kier alpha value is -0.990. The van der Waals surface area contributed by atoms with E-state index < -0.39 is 0 Å². The van der Waals surface area contributed by atoms with Crippen LogP contribution < -0.4 is 0 Å². The Morgan fingerprint density at radius 3 is 2.56 bits per heavy atom. The average molecular weight is 265 g/mol. The maximum Gasteiger partial charge on any atom is 0.208 e. The summed E-state index contributed by atoms with van der Waals surface area (Å²) in [6.07, 6.45) is 3.87. The lowest BCUT2D eigenvalue weighted by molar-refractivity contribution is 0.191. The van der Waals surface area contributed by atoms with Crippen molar-refractivity contribution in [2.45, 2.75) is 38.0 Å². The van der Waals surface area contributed by atoms with E-state index in [4.69, 9.17) is 4.42 Å². The molecule has 0 unspecified atom stereocenters. The lowest BCUT2D eigenvalue weighted by Gasteiger charge is -2.35. The van der Waals surface area contributed by atoms with E-state index in [9.17, 15) is 5.26 Å². The van der Waals surface area contributed by atoms with E-state index in [1.807, 2.05) is 20.1 Å². The summed E-state index contributed by atoms with van der Waals surface area (Å²) in [4.78, 5) is 6.72. The third kappa shape index (κ3) is 2.70. The zero-order chi connectivity index (χ0) is 13.2. The van der Waals surface area contributed by atoms with Gasteiger partial charge in [0.05, 0.1) is 18.3 Å². The van der Waals surface area contributed by atoms with Gasteiger partial charge in [-0.2, -0.15) is 5.26 Å².